The maximum Gasteiger partial charge on any atom is 0.276 e. The van der Waals surface area contributed by atoms with Gasteiger partial charge in [-0.1, -0.05) is 18.7 Å². The number of nitrogens with zero attached hydrogens (tertiary/aromatic N) is 4. The minimum atomic E-state index is 0.540. The van der Waals surface area contributed by atoms with E-state index in [9.17, 15) is 0 Å². The molecule has 0 spiro atoms. The Balaban J connectivity index is 2.11. The van der Waals surface area contributed by atoms with Crippen LogP contribution in [0.15, 0.2) is 22.0 Å². The van der Waals surface area contributed by atoms with E-state index in [4.69, 9.17) is 4.42 Å². The average Bonchev–Trinajstić information content (AvgIpc) is 2.94. The molecule has 0 unspecified atom stereocenters. The Morgan fingerprint density at radius 3 is 2.94 bits per heavy atom. The number of rotatable bonds is 5. The van der Waals surface area contributed by atoms with Crippen LogP contribution in [-0.4, -0.2) is 25.7 Å². The van der Waals surface area contributed by atoms with Crippen LogP contribution in [0.2, 0.25) is 0 Å². The molecule has 6 heteroatoms. The van der Waals surface area contributed by atoms with Crippen LogP contribution < -0.4 is 0 Å². The van der Waals surface area contributed by atoms with Crippen molar-refractivity contribution in [2.45, 2.75) is 32.0 Å². The van der Waals surface area contributed by atoms with E-state index >= 15 is 0 Å². The van der Waals surface area contributed by atoms with Crippen LogP contribution in [0.5, 0.6) is 0 Å². The van der Waals surface area contributed by atoms with Gasteiger partial charge in [-0.3, -0.25) is 4.68 Å². The molecule has 0 saturated carbocycles. The zero-order chi connectivity index (χ0) is 11.4. The Morgan fingerprint density at radius 2 is 2.25 bits per heavy atom. The highest BCUT2D eigenvalue weighted by Gasteiger charge is 2.10. The van der Waals surface area contributed by atoms with Gasteiger partial charge in [-0.05, 0) is 13.3 Å². The van der Waals surface area contributed by atoms with E-state index in [-0.39, 0.29) is 0 Å². The molecule has 5 nitrogen and oxygen atoms in total. The van der Waals surface area contributed by atoms with Gasteiger partial charge in [0.05, 0.1) is 11.8 Å². The van der Waals surface area contributed by atoms with Gasteiger partial charge >= 0.3 is 0 Å². The zero-order valence-corrected chi connectivity index (χ0v) is 10.2. The van der Waals surface area contributed by atoms with E-state index in [0.29, 0.717) is 11.1 Å². The van der Waals surface area contributed by atoms with Crippen molar-refractivity contribution < 1.29 is 4.42 Å². The Morgan fingerprint density at radius 1 is 1.38 bits per heavy atom. The topological polar surface area (TPSA) is 56.7 Å². The molecule has 0 N–H and O–H groups in total. The molecule has 0 aromatic carbocycles. The second kappa shape index (κ2) is 5.16. The molecule has 0 amide bonds. The smallest absolute Gasteiger partial charge is 0.276 e. The third kappa shape index (κ3) is 2.44. The van der Waals surface area contributed by atoms with Gasteiger partial charge in [-0.2, -0.15) is 5.10 Å². The van der Waals surface area contributed by atoms with E-state index in [0.717, 1.165) is 24.3 Å². The van der Waals surface area contributed by atoms with Gasteiger partial charge in [0.15, 0.2) is 0 Å². The lowest BCUT2D eigenvalue weighted by Crippen LogP contribution is -1.91. The molecule has 16 heavy (non-hydrogen) atoms. The molecule has 2 heterocycles. The fourth-order valence-electron chi connectivity index (χ4n) is 1.22. The molecule has 2 aromatic heterocycles. The van der Waals surface area contributed by atoms with Gasteiger partial charge in [-0.25, -0.2) is 0 Å². The second-order valence-electron chi connectivity index (χ2n) is 3.31. The standard InChI is InChI=1S/C10H14N4OS/c1-3-5-16-10-13-12-9(15-10)8-6-11-14(4-2)7-8/h6-7H,3-5H2,1-2H3. The highest BCUT2D eigenvalue weighted by atomic mass is 32.2. The van der Waals surface area contributed by atoms with Gasteiger partial charge in [0.1, 0.15) is 0 Å². The van der Waals surface area contributed by atoms with Gasteiger partial charge in [0, 0.05) is 18.5 Å². The number of aromatic nitrogens is 4. The van der Waals surface area contributed by atoms with Gasteiger partial charge < -0.3 is 4.42 Å². The third-order valence-corrected chi connectivity index (χ3v) is 3.06. The molecule has 0 radical (unpaired) electrons. The highest BCUT2D eigenvalue weighted by Crippen LogP contribution is 2.22. The van der Waals surface area contributed by atoms with Crippen LogP contribution in [-0.2, 0) is 6.54 Å². The van der Waals surface area contributed by atoms with Crippen molar-refractivity contribution in [2.75, 3.05) is 5.75 Å². The second-order valence-corrected chi connectivity index (χ2v) is 4.35. The molecular weight excluding hydrogens is 224 g/mol. The average molecular weight is 238 g/mol. The minimum Gasteiger partial charge on any atom is -0.411 e. The molecule has 0 aliphatic heterocycles. The lowest BCUT2D eigenvalue weighted by Gasteiger charge is -1.90. The lowest BCUT2D eigenvalue weighted by molar-refractivity contribution is 0.466. The van der Waals surface area contributed by atoms with Crippen LogP contribution in [0.1, 0.15) is 20.3 Å². The quantitative estimate of drug-likeness (QED) is 0.749. The summed E-state index contributed by atoms with van der Waals surface area (Å²) in [6.45, 7) is 4.99. The fourth-order valence-corrected chi connectivity index (χ4v) is 1.84. The van der Waals surface area contributed by atoms with Crippen molar-refractivity contribution in [2.24, 2.45) is 0 Å². The van der Waals surface area contributed by atoms with Crippen molar-refractivity contribution >= 4 is 11.8 Å². The summed E-state index contributed by atoms with van der Waals surface area (Å²) >= 11 is 1.58. The molecule has 0 aliphatic carbocycles. The Kier molecular flexibility index (Phi) is 3.61. The van der Waals surface area contributed by atoms with E-state index in [1.165, 1.54) is 0 Å². The molecule has 0 bridgehead atoms. The predicted molar refractivity (Wildman–Crippen MR) is 62.2 cm³/mol. The van der Waals surface area contributed by atoms with E-state index in [2.05, 4.69) is 22.2 Å². The molecule has 0 saturated heterocycles. The fraction of sp³-hybridized carbons (Fsp3) is 0.500. The Labute approximate surface area is 98.2 Å². The highest BCUT2D eigenvalue weighted by molar-refractivity contribution is 7.99. The number of aryl methyl sites for hydroxylation is 1. The molecule has 86 valence electrons. The SMILES string of the molecule is CCCSc1nnc(-c2cnn(CC)c2)o1. The predicted octanol–water partition coefficient (Wildman–Crippen LogP) is 2.46. The van der Waals surface area contributed by atoms with Gasteiger partial charge in [-0.15, -0.1) is 10.2 Å². The summed E-state index contributed by atoms with van der Waals surface area (Å²) in [6.07, 6.45) is 4.74. The first-order valence-electron chi connectivity index (χ1n) is 5.32. The first-order valence-corrected chi connectivity index (χ1v) is 6.31. The first kappa shape index (κ1) is 11.2. The largest absolute Gasteiger partial charge is 0.411 e. The molecule has 0 aliphatic rings. The van der Waals surface area contributed by atoms with Crippen LogP contribution >= 0.6 is 11.8 Å². The normalized spacial score (nSPS) is 10.9. The van der Waals surface area contributed by atoms with Crippen molar-refractivity contribution in [3.05, 3.63) is 12.4 Å². The van der Waals surface area contributed by atoms with Crippen molar-refractivity contribution in [1.29, 1.82) is 0 Å². The molecule has 0 fully saturated rings. The lowest BCUT2D eigenvalue weighted by atomic mass is 10.4. The summed E-state index contributed by atoms with van der Waals surface area (Å²) in [7, 11) is 0. The molecule has 2 aromatic rings. The van der Waals surface area contributed by atoms with Gasteiger partial charge in [0.2, 0.25) is 0 Å². The number of hydrogen-bond acceptors (Lipinski definition) is 5. The summed E-state index contributed by atoms with van der Waals surface area (Å²) in [5.74, 6) is 1.54. The van der Waals surface area contributed by atoms with E-state index in [1.807, 2.05) is 17.8 Å². The summed E-state index contributed by atoms with van der Waals surface area (Å²) in [4.78, 5) is 0. The monoisotopic (exact) mass is 238 g/mol. The maximum atomic E-state index is 5.52. The molecule has 0 atom stereocenters. The van der Waals surface area contributed by atoms with Crippen LogP contribution in [0, 0.1) is 0 Å². The zero-order valence-electron chi connectivity index (χ0n) is 9.38. The van der Waals surface area contributed by atoms with Crippen molar-refractivity contribution in [1.82, 2.24) is 20.0 Å². The van der Waals surface area contributed by atoms with Crippen LogP contribution in [0.25, 0.3) is 11.5 Å². The Bertz CT molecular complexity index is 451. The molecular formula is C10H14N4OS. The summed E-state index contributed by atoms with van der Waals surface area (Å²) in [5, 5.41) is 12.8. The van der Waals surface area contributed by atoms with Crippen LogP contribution in [0.4, 0.5) is 0 Å². The summed E-state index contributed by atoms with van der Waals surface area (Å²) in [6, 6.07) is 0. The first-order chi connectivity index (χ1) is 7.83. The Hall–Kier alpha value is -1.30. The van der Waals surface area contributed by atoms with E-state index in [1.54, 1.807) is 18.0 Å². The van der Waals surface area contributed by atoms with Gasteiger partial charge in [0.25, 0.3) is 11.1 Å². The van der Waals surface area contributed by atoms with Crippen molar-refractivity contribution in [3.63, 3.8) is 0 Å². The maximum absolute atomic E-state index is 5.52. The van der Waals surface area contributed by atoms with Crippen molar-refractivity contribution in [3.8, 4) is 11.5 Å². The summed E-state index contributed by atoms with van der Waals surface area (Å²) in [5.41, 5.74) is 0.873. The van der Waals surface area contributed by atoms with E-state index < -0.39 is 0 Å². The van der Waals surface area contributed by atoms with Crippen LogP contribution in [0.3, 0.4) is 0 Å². The molecule has 2 rings (SSSR count). The minimum absolute atomic E-state index is 0.540. The number of hydrogen-bond donors (Lipinski definition) is 0. The summed E-state index contributed by atoms with van der Waals surface area (Å²) < 4.78 is 7.35. The number of thioether (sulfide) groups is 1. The third-order valence-electron chi connectivity index (χ3n) is 2.04.